The standard InChI is InChI=1S/C19H17BrN2O3/c20-13-4-6-15-16-7-5-14(25-12-19(23)24)11-18(16)22(17(15)10-13)9-3-1-2-8-21/h4-7,10-11H,1-3,9,12H2,(H,23,24). The second-order valence-corrected chi connectivity index (χ2v) is 6.71. The average Bonchev–Trinajstić information content (AvgIpc) is 2.89. The Labute approximate surface area is 153 Å². The third-order valence-corrected chi connectivity index (χ3v) is 4.58. The molecule has 25 heavy (non-hydrogen) atoms. The van der Waals surface area contributed by atoms with Crippen LogP contribution >= 0.6 is 15.9 Å². The van der Waals surface area contributed by atoms with Gasteiger partial charge in [0.15, 0.2) is 6.61 Å². The summed E-state index contributed by atoms with van der Waals surface area (Å²) in [6.45, 7) is 0.431. The zero-order valence-electron chi connectivity index (χ0n) is 13.5. The molecule has 6 heteroatoms. The Morgan fingerprint density at radius 1 is 1.16 bits per heavy atom. The van der Waals surface area contributed by atoms with E-state index in [0.717, 1.165) is 45.7 Å². The normalized spacial score (nSPS) is 10.9. The minimum atomic E-state index is -0.999. The highest BCUT2D eigenvalue weighted by Gasteiger charge is 2.12. The van der Waals surface area contributed by atoms with Crippen LogP contribution in [0.2, 0.25) is 0 Å². The van der Waals surface area contributed by atoms with Crippen molar-refractivity contribution in [2.45, 2.75) is 25.8 Å². The van der Waals surface area contributed by atoms with Gasteiger partial charge in [-0.25, -0.2) is 4.79 Å². The summed E-state index contributed by atoms with van der Waals surface area (Å²) in [5.74, 6) is -0.462. The first-order valence-corrected chi connectivity index (χ1v) is 8.82. The number of aryl methyl sites for hydroxylation is 1. The molecular weight excluding hydrogens is 384 g/mol. The van der Waals surface area contributed by atoms with E-state index < -0.39 is 5.97 Å². The van der Waals surface area contributed by atoms with Crippen LogP contribution in [-0.4, -0.2) is 22.2 Å². The van der Waals surface area contributed by atoms with Gasteiger partial charge in [-0.05, 0) is 37.1 Å². The molecule has 0 saturated heterocycles. The number of carbonyl (C=O) groups is 1. The molecule has 1 aromatic heterocycles. The fourth-order valence-electron chi connectivity index (χ4n) is 3.00. The number of aliphatic carboxylic acids is 1. The maximum atomic E-state index is 10.7. The molecule has 0 radical (unpaired) electrons. The lowest BCUT2D eigenvalue weighted by Gasteiger charge is -2.08. The maximum absolute atomic E-state index is 10.7. The van der Waals surface area contributed by atoms with E-state index >= 15 is 0 Å². The number of fused-ring (bicyclic) bond motifs is 3. The van der Waals surface area contributed by atoms with E-state index in [1.54, 1.807) is 6.07 Å². The number of ether oxygens (including phenoxy) is 1. The first kappa shape index (κ1) is 17.3. The minimum Gasteiger partial charge on any atom is -0.482 e. The van der Waals surface area contributed by atoms with Crippen molar-refractivity contribution in [2.75, 3.05) is 6.61 Å². The van der Waals surface area contributed by atoms with Crippen LogP contribution in [0.3, 0.4) is 0 Å². The van der Waals surface area contributed by atoms with E-state index in [2.05, 4.69) is 38.7 Å². The Balaban J connectivity index is 2.05. The molecule has 0 aliphatic rings. The van der Waals surface area contributed by atoms with Crippen LogP contribution in [-0.2, 0) is 11.3 Å². The monoisotopic (exact) mass is 400 g/mol. The molecular formula is C19H17BrN2O3. The Kier molecular flexibility index (Phi) is 5.25. The minimum absolute atomic E-state index is 0.362. The molecule has 0 aliphatic carbocycles. The van der Waals surface area contributed by atoms with Crippen molar-refractivity contribution >= 4 is 43.7 Å². The molecule has 0 spiro atoms. The van der Waals surface area contributed by atoms with Crippen molar-refractivity contribution in [1.29, 1.82) is 5.26 Å². The van der Waals surface area contributed by atoms with E-state index in [1.165, 1.54) is 0 Å². The number of carboxylic acid groups (broad SMARTS) is 1. The molecule has 1 N–H and O–H groups in total. The second kappa shape index (κ2) is 7.58. The highest BCUT2D eigenvalue weighted by Crippen LogP contribution is 2.33. The van der Waals surface area contributed by atoms with Crippen LogP contribution in [0.5, 0.6) is 5.75 Å². The van der Waals surface area contributed by atoms with Gasteiger partial charge < -0.3 is 14.4 Å². The van der Waals surface area contributed by atoms with Gasteiger partial charge in [0.1, 0.15) is 5.75 Å². The van der Waals surface area contributed by atoms with Crippen molar-refractivity contribution in [3.63, 3.8) is 0 Å². The summed E-state index contributed by atoms with van der Waals surface area (Å²) in [6, 6.07) is 14.0. The summed E-state index contributed by atoms with van der Waals surface area (Å²) in [5.41, 5.74) is 2.12. The number of benzene rings is 2. The number of hydrogen-bond acceptors (Lipinski definition) is 3. The second-order valence-electron chi connectivity index (χ2n) is 5.79. The Hall–Kier alpha value is -2.52. The number of unbranched alkanes of at least 4 members (excludes halogenated alkanes) is 2. The van der Waals surface area contributed by atoms with Crippen molar-refractivity contribution in [3.05, 3.63) is 40.9 Å². The van der Waals surface area contributed by atoms with Gasteiger partial charge in [0.05, 0.1) is 17.1 Å². The molecule has 0 saturated carbocycles. The van der Waals surface area contributed by atoms with Gasteiger partial charge in [0, 0.05) is 34.3 Å². The fraction of sp³-hybridized carbons (Fsp3) is 0.263. The zero-order chi connectivity index (χ0) is 17.8. The molecule has 0 bridgehead atoms. The lowest BCUT2D eigenvalue weighted by Crippen LogP contribution is -2.09. The van der Waals surface area contributed by atoms with E-state index in [1.807, 2.05) is 18.2 Å². The predicted octanol–water partition coefficient (Wildman–Crippen LogP) is 4.71. The molecule has 3 aromatic rings. The third-order valence-electron chi connectivity index (χ3n) is 4.08. The molecule has 1 heterocycles. The zero-order valence-corrected chi connectivity index (χ0v) is 15.1. The van der Waals surface area contributed by atoms with Crippen LogP contribution in [0.4, 0.5) is 0 Å². The van der Waals surface area contributed by atoms with Crippen molar-refractivity contribution in [3.8, 4) is 11.8 Å². The molecule has 0 unspecified atom stereocenters. The lowest BCUT2D eigenvalue weighted by atomic mass is 10.1. The summed E-state index contributed by atoms with van der Waals surface area (Å²) in [7, 11) is 0. The van der Waals surface area contributed by atoms with Crippen molar-refractivity contribution in [1.82, 2.24) is 4.57 Å². The Morgan fingerprint density at radius 3 is 2.60 bits per heavy atom. The lowest BCUT2D eigenvalue weighted by molar-refractivity contribution is -0.139. The number of rotatable bonds is 7. The van der Waals surface area contributed by atoms with Crippen LogP contribution < -0.4 is 4.74 Å². The number of aromatic nitrogens is 1. The molecule has 2 aromatic carbocycles. The highest BCUT2D eigenvalue weighted by atomic mass is 79.9. The smallest absolute Gasteiger partial charge is 0.341 e. The van der Waals surface area contributed by atoms with E-state index in [0.29, 0.717) is 12.2 Å². The quantitative estimate of drug-likeness (QED) is 0.582. The van der Waals surface area contributed by atoms with Gasteiger partial charge in [0.2, 0.25) is 0 Å². The first-order valence-electron chi connectivity index (χ1n) is 8.03. The number of carboxylic acids is 1. The number of nitriles is 1. The van der Waals surface area contributed by atoms with E-state index in [-0.39, 0.29) is 6.61 Å². The molecule has 0 fully saturated rings. The first-order chi connectivity index (χ1) is 12.1. The topological polar surface area (TPSA) is 75.2 Å². The third kappa shape index (κ3) is 3.77. The number of halogens is 1. The van der Waals surface area contributed by atoms with Crippen molar-refractivity contribution in [2.24, 2.45) is 0 Å². The summed E-state index contributed by atoms with van der Waals surface area (Å²) >= 11 is 3.53. The van der Waals surface area contributed by atoms with Crippen molar-refractivity contribution < 1.29 is 14.6 Å². The summed E-state index contributed by atoms with van der Waals surface area (Å²) in [4.78, 5) is 10.7. The fourth-order valence-corrected chi connectivity index (χ4v) is 3.35. The van der Waals surface area contributed by atoms with E-state index in [4.69, 9.17) is 15.1 Å². The van der Waals surface area contributed by atoms with Gasteiger partial charge in [-0.3, -0.25) is 0 Å². The van der Waals surface area contributed by atoms with Gasteiger partial charge >= 0.3 is 5.97 Å². The summed E-state index contributed by atoms with van der Waals surface area (Å²) in [5, 5.41) is 19.8. The Morgan fingerprint density at radius 2 is 1.88 bits per heavy atom. The average molecular weight is 401 g/mol. The summed E-state index contributed by atoms with van der Waals surface area (Å²) < 4.78 is 8.54. The molecule has 3 rings (SSSR count). The van der Waals surface area contributed by atoms with Gasteiger partial charge in [-0.1, -0.05) is 22.0 Å². The predicted molar refractivity (Wildman–Crippen MR) is 99.7 cm³/mol. The summed E-state index contributed by atoms with van der Waals surface area (Å²) in [6.07, 6.45) is 2.30. The molecule has 0 amide bonds. The van der Waals surface area contributed by atoms with Crippen LogP contribution in [0.1, 0.15) is 19.3 Å². The largest absolute Gasteiger partial charge is 0.482 e. The number of nitrogens with zero attached hydrogens (tertiary/aromatic N) is 2. The van der Waals surface area contributed by atoms with Gasteiger partial charge in [0.25, 0.3) is 0 Å². The van der Waals surface area contributed by atoms with E-state index in [9.17, 15) is 4.79 Å². The SMILES string of the molecule is N#CCCCCn1c2cc(Br)ccc2c2ccc(OCC(=O)O)cc21. The molecule has 0 aliphatic heterocycles. The molecule has 0 atom stereocenters. The number of hydrogen-bond donors (Lipinski definition) is 1. The van der Waals surface area contributed by atoms with Crippen LogP contribution in [0.25, 0.3) is 21.8 Å². The van der Waals surface area contributed by atoms with Crippen LogP contribution in [0, 0.1) is 11.3 Å². The maximum Gasteiger partial charge on any atom is 0.341 e. The molecule has 5 nitrogen and oxygen atoms in total. The van der Waals surface area contributed by atoms with Crippen LogP contribution in [0.15, 0.2) is 40.9 Å². The van der Waals surface area contributed by atoms with Gasteiger partial charge in [-0.15, -0.1) is 0 Å². The highest BCUT2D eigenvalue weighted by molar-refractivity contribution is 9.10. The van der Waals surface area contributed by atoms with Gasteiger partial charge in [-0.2, -0.15) is 5.26 Å². The molecule has 128 valence electrons. The Bertz CT molecular complexity index is 972.